The van der Waals surface area contributed by atoms with E-state index in [1.165, 1.54) is 9.87 Å². The maximum atomic E-state index is 12.2. The molecule has 0 saturated heterocycles. The zero-order valence-corrected chi connectivity index (χ0v) is 17.2. The third-order valence-corrected chi connectivity index (χ3v) is 6.83. The van der Waals surface area contributed by atoms with Gasteiger partial charge in [0.15, 0.2) is 0 Å². The SMILES string of the molecule is CCS(=O)(=O)N1CCc2c(cccc2NCC(=O)NCc2cccc(C)c2)C1. The van der Waals surface area contributed by atoms with E-state index in [4.69, 9.17) is 0 Å². The summed E-state index contributed by atoms with van der Waals surface area (Å²) in [7, 11) is -3.19. The Bertz CT molecular complexity index is 957. The van der Waals surface area contributed by atoms with Crippen LogP contribution in [0.15, 0.2) is 42.5 Å². The van der Waals surface area contributed by atoms with Crippen LogP contribution in [-0.2, 0) is 34.3 Å². The van der Waals surface area contributed by atoms with E-state index < -0.39 is 10.0 Å². The van der Waals surface area contributed by atoms with E-state index in [0.717, 1.165) is 22.4 Å². The van der Waals surface area contributed by atoms with E-state index in [1.54, 1.807) is 6.92 Å². The number of hydrogen-bond acceptors (Lipinski definition) is 4. The zero-order chi connectivity index (χ0) is 20.1. The molecule has 0 bridgehead atoms. The Kier molecular flexibility index (Phi) is 6.36. The van der Waals surface area contributed by atoms with Gasteiger partial charge in [0, 0.05) is 25.3 Å². The number of carbonyl (C=O) groups is 1. The van der Waals surface area contributed by atoms with Crippen molar-refractivity contribution < 1.29 is 13.2 Å². The maximum Gasteiger partial charge on any atom is 0.239 e. The van der Waals surface area contributed by atoms with E-state index in [1.807, 2.05) is 43.3 Å². The molecule has 6 nitrogen and oxygen atoms in total. The van der Waals surface area contributed by atoms with E-state index in [0.29, 0.717) is 26.1 Å². The molecule has 7 heteroatoms. The van der Waals surface area contributed by atoms with Gasteiger partial charge in [-0.3, -0.25) is 4.79 Å². The van der Waals surface area contributed by atoms with Crippen LogP contribution in [0, 0.1) is 6.92 Å². The number of aryl methyl sites for hydroxylation is 1. The highest BCUT2D eigenvalue weighted by molar-refractivity contribution is 7.89. The number of amides is 1. The quantitative estimate of drug-likeness (QED) is 0.747. The van der Waals surface area contributed by atoms with Crippen molar-refractivity contribution >= 4 is 21.6 Å². The molecule has 0 spiro atoms. The van der Waals surface area contributed by atoms with E-state index >= 15 is 0 Å². The first kappa shape index (κ1) is 20.4. The van der Waals surface area contributed by atoms with Gasteiger partial charge >= 0.3 is 0 Å². The Labute approximate surface area is 167 Å². The van der Waals surface area contributed by atoms with Gasteiger partial charge in [-0.1, -0.05) is 42.0 Å². The summed E-state index contributed by atoms with van der Waals surface area (Å²) in [6.07, 6.45) is 0.642. The molecule has 1 heterocycles. The third-order valence-electron chi connectivity index (χ3n) is 5.00. The lowest BCUT2D eigenvalue weighted by Gasteiger charge is -2.29. The predicted octanol–water partition coefficient (Wildman–Crippen LogP) is 2.43. The number of sulfonamides is 1. The lowest BCUT2D eigenvalue weighted by molar-refractivity contribution is -0.119. The van der Waals surface area contributed by atoms with Crippen LogP contribution in [0.3, 0.4) is 0 Å². The number of carbonyl (C=O) groups excluding carboxylic acids is 1. The van der Waals surface area contributed by atoms with Crippen LogP contribution in [-0.4, -0.2) is 37.5 Å². The van der Waals surface area contributed by atoms with Gasteiger partial charge in [0.2, 0.25) is 15.9 Å². The summed E-state index contributed by atoms with van der Waals surface area (Å²) in [4.78, 5) is 12.2. The van der Waals surface area contributed by atoms with Crippen LogP contribution in [0.5, 0.6) is 0 Å². The molecule has 2 aromatic rings. The van der Waals surface area contributed by atoms with Crippen molar-refractivity contribution in [2.75, 3.05) is 24.2 Å². The first-order valence-corrected chi connectivity index (χ1v) is 11.1. The second-order valence-electron chi connectivity index (χ2n) is 7.05. The monoisotopic (exact) mass is 401 g/mol. The smallest absolute Gasteiger partial charge is 0.239 e. The van der Waals surface area contributed by atoms with Crippen LogP contribution in [0.1, 0.15) is 29.2 Å². The van der Waals surface area contributed by atoms with Gasteiger partial charge in [0.05, 0.1) is 12.3 Å². The first-order valence-electron chi connectivity index (χ1n) is 9.53. The van der Waals surface area contributed by atoms with Crippen LogP contribution in [0.25, 0.3) is 0 Å². The molecule has 2 aromatic carbocycles. The van der Waals surface area contributed by atoms with E-state index in [9.17, 15) is 13.2 Å². The number of nitrogens with one attached hydrogen (secondary N) is 2. The lowest BCUT2D eigenvalue weighted by atomic mass is 9.99. The highest BCUT2D eigenvalue weighted by atomic mass is 32.2. The molecule has 0 unspecified atom stereocenters. The van der Waals surface area contributed by atoms with Crippen molar-refractivity contribution in [2.45, 2.75) is 33.4 Å². The van der Waals surface area contributed by atoms with Gasteiger partial charge in [-0.25, -0.2) is 8.42 Å². The number of rotatable bonds is 7. The lowest BCUT2D eigenvalue weighted by Crippen LogP contribution is -2.37. The second-order valence-corrected chi connectivity index (χ2v) is 9.30. The van der Waals surface area contributed by atoms with Gasteiger partial charge in [0.25, 0.3) is 0 Å². The average Bonchev–Trinajstić information content (AvgIpc) is 2.70. The van der Waals surface area contributed by atoms with Crippen molar-refractivity contribution in [1.82, 2.24) is 9.62 Å². The van der Waals surface area contributed by atoms with Crippen molar-refractivity contribution in [2.24, 2.45) is 0 Å². The molecular weight excluding hydrogens is 374 g/mol. The van der Waals surface area contributed by atoms with E-state index in [-0.39, 0.29) is 18.2 Å². The van der Waals surface area contributed by atoms with E-state index in [2.05, 4.69) is 16.7 Å². The highest BCUT2D eigenvalue weighted by Gasteiger charge is 2.26. The van der Waals surface area contributed by atoms with Gasteiger partial charge < -0.3 is 10.6 Å². The number of hydrogen-bond donors (Lipinski definition) is 2. The third kappa shape index (κ3) is 4.91. The fraction of sp³-hybridized carbons (Fsp3) is 0.381. The van der Waals surface area contributed by atoms with Crippen LogP contribution >= 0.6 is 0 Å². The minimum Gasteiger partial charge on any atom is -0.376 e. The van der Waals surface area contributed by atoms with Crippen LogP contribution in [0.4, 0.5) is 5.69 Å². The molecule has 1 aliphatic heterocycles. The van der Waals surface area contributed by atoms with Crippen molar-refractivity contribution in [3.05, 3.63) is 64.7 Å². The van der Waals surface area contributed by atoms with Gasteiger partial charge in [-0.15, -0.1) is 0 Å². The molecule has 0 aliphatic carbocycles. The zero-order valence-electron chi connectivity index (χ0n) is 16.4. The Morgan fingerprint density at radius 1 is 1.18 bits per heavy atom. The molecule has 0 fully saturated rings. The highest BCUT2D eigenvalue weighted by Crippen LogP contribution is 2.27. The summed E-state index contributed by atoms with van der Waals surface area (Å²) in [5.41, 5.74) is 5.23. The molecule has 28 heavy (non-hydrogen) atoms. The summed E-state index contributed by atoms with van der Waals surface area (Å²) in [6.45, 7) is 5.23. The summed E-state index contributed by atoms with van der Waals surface area (Å²) in [6, 6.07) is 13.8. The standard InChI is InChI=1S/C21H27N3O3S/c1-3-28(26,27)24-11-10-19-18(15-24)8-5-9-20(19)22-14-21(25)23-13-17-7-4-6-16(2)12-17/h4-9,12,22H,3,10-11,13-15H2,1-2H3,(H,23,25). The number of benzene rings is 2. The minimum absolute atomic E-state index is 0.0786. The van der Waals surface area contributed by atoms with Crippen molar-refractivity contribution in [3.63, 3.8) is 0 Å². The summed E-state index contributed by atoms with van der Waals surface area (Å²) < 4.78 is 25.8. The van der Waals surface area contributed by atoms with Crippen molar-refractivity contribution in [3.8, 4) is 0 Å². The Hall–Kier alpha value is -2.38. The van der Waals surface area contributed by atoms with Crippen LogP contribution in [0.2, 0.25) is 0 Å². The van der Waals surface area contributed by atoms with Crippen LogP contribution < -0.4 is 10.6 Å². The largest absolute Gasteiger partial charge is 0.376 e. The molecular formula is C21H27N3O3S. The molecule has 3 rings (SSSR count). The summed E-state index contributed by atoms with van der Waals surface area (Å²) in [5.74, 6) is 0.0339. The molecule has 0 atom stereocenters. The molecule has 0 radical (unpaired) electrons. The topological polar surface area (TPSA) is 78.5 Å². The van der Waals surface area contributed by atoms with Gasteiger partial charge in [0.1, 0.15) is 0 Å². The van der Waals surface area contributed by atoms with Gasteiger partial charge in [-0.05, 0) is 43.0 Å². The average molecular weight is 402 g/mol. The first-order chi connectivity index (χ1) is 13.4. The number of fused-ring (bicyclic) bond motifs is 1. The molecule has 0 saturated carbocycles. The normalized spacial score (nSPS) is 14.4. The molecule has 2 N–H and O–H groups in total. The number of anilines is 1. The molecule has 1 amide bonds. The fourth-order valence-corrected chi connectivity index (χ4v) is 4.50. The second kappa shape index (κ2) is 8.75. The molecule has 1 aliphatic rings. The molecule has 0 aromatic heterocycles. The Balaban J connectivity index is 1.58. The Morgan fingerprint density at radius 3 is 2.71 bits per heavy atom. The maximum absolute atomic E-state index is 12.2. The van der Waals surface area contributed by atoms with Crippen molar-refractivity contribution in [1.29, 1.82) is 0 Å². The molecule has 150 valence electrons. The number of nitrogens with zero attached hydrogens (tertiary/aromatic N) is 1. The minimum atomic E-state index is -3.19. The Morgan fingerprint density at radius 2 is 1.96 bits per heavy atom. The predicted molar refractivity (Wildman–Crippen MR) is 112 cm³/mol. The summed E-state index contributed by atoms with van der Waals surface area (Å²) in [5, 5.41) is 6.13. The summed E-state index contributed by atoms with van der Waals surface area (Å²) >= 11 is 0. The fourth-order valence-electron chi connectivity index (χ4n) is 3.43. The van der Waals surface area contributed by atoms with Gasteiger partial charge in [-0.2, -0.15) is 4.31 Å².